The van der Waals surface area contributed by atoms with Gasteiger partial charge in [0.1, 0.15) is 5.75 Å². The molecule has 0 atom stereocenters. The zero-order chi connectivity index (χ0) is 19.1. The van der Waals surface area contributed by atoms with E-state index < -0.39 is 0 Å². The standard InChI is InChI=1S/C25H32O2/c1-19-10-12-21(13-11-19)25(22-14-16-23(27)17-15-22)24(9-3-2-6-18-26)20-7-4-5-8-20/h10-17,20,26-27H,2-9,18H2,1H3/b25-24+. The Morgan fingerprint density at radius 1 is 0.852 bits per heavy atom. The summed E-state index contributed by atoms with van der Waals surface area (Å²) >= 11 is 0. The number of aliphatic hydroxyl groups excluding tert-OH is 1. The first-order chi connectivity index (χ1) is 13.2. The summed E-state index contributed by atoms with van der Waals surface area (Å²) < 4.78 is 0. The van der Waals surface area contributed by atoms with Gasteiger partial charge in [0, 0.05) is 6.61 Å². The SMILES string of the molecule is Cc1ccc(/C(=C(/CCCCCO)C2CCCC2)c2ccc(O)cc2)cc1. The summed E-state index contributed by atoms with van der Waals surface area (Å²) in [4.78, 5) is 0. The third kappa shape index (κ3) is 5.23. The summed E-state index contributed by atoms with van der Waals surface area (Å²) in [6, 6.07) is 16.5. The van der Waals surface area contributed by atoms with Crippen LogP contribution >= 0.6 is 0 Å². The van der Waals surface area contributed by atoms with Gasteiger partial charge in [-0.15, -0.1) is 0 Å². The highest BCUT2D eigenvalue weighted by molar-refractivity contribution is 5.82. The number of hydrogen-bond donors (Lipinski definition) is 2. The maximum absolute atomic E-state index is 9.76. The third-order valence-corrected chi connectivity index (χ3v) is 5.77. The van der Waals surface area contributed by atoms with Crippen LogP contribution in [-0.2, 0) is 0 Å². The van der Waals surface area contributed by atoms with Gasteiger partial charge in [-0.2, -0.15) is 0 Å². The first-order valence-corrected chi connectivity index (χ1v) is 10.4. The van der Waals surface area contributed by atoms with Gasteiger partial charge in [0.2, 0.25) is 0 Å². The number of hydrogen-bond acceptors (Lipinski definition) is 2. The lowest BCUT2D eigenvalue weighted by Gasteiger charge is -2.22. The summed E-state index contributed by atoms with van der Waals surface area (Å²) in [5.74, 6) is 0.969. The monoisotopic (exact) mass is 364 g/mol. The summed E-state index contributed by atoms with van der Waals surface area (Å²) in [6.45, 7) is 2.41. The predicted octanol–water partition coefficient (Wildman–Crippen LogP) is 6.25. The van der Waals surface area contributed by atoms with E-state index in [1.165, 1.54) is 47.9 Å². The number of aryl methyl sites for hydroxylation is 1. The van der Waals surface area contributed by atoms with Crippen molar-refractivity contribution in [3.05, 3.63) is 70.8 Å². The maximum Gasteiger partial charge on any atom is 0.115 e. The molecule has 144 valence electrons. The summed E-state index contributed by atoms with van der Waals surface area (Å²) in [5, 5.41) is 18.9. The zero-order valence-corrected chi connectivity index (χ0v) is 16.5. The Morgan fingerprint density at radius 2 is 1.44 bits per heavy atom. The Labute approximate surface area is 163 Å². The average Bonchev–Trinajstić information content (AvgIpc) is 3.21. The molecule has 0 heterocycles. The van der Waals surface area contributed by atoms with Gasteiger partial charge in [0.05, 0.1) is 0 Å². The van der Waals surface area contributed by atoms with E-state index in [9.17, 15) is 5.11 Å². The Hall–Kier alpha value is -2.06. The van der Waals surface area contributed by atoms with Crippen molar-refractivity contribution < 1.29 is 10.2 Å². The molecule has 0 saturated heterocycles. The Bertz CT molecular complexity index is 687. The number of phenolic OH excluding ortho intramolecular Hbond substituents is 1. The van der Waals surface area contributed by atoms with E-state index in [0.29, 0.717) is 11.7 Å². The van der Waals surface area contributed by atoms with Crippen molar-refractivity contribution in [2.75, 3.05) is 6.61 Å². The molecular formula is C25H32O2. The average molecular weight is 365 g/mol. The second-order valence-electron chi connectivity index (χ2n) is 7.83. The molecule has 2 aromatic rings. The van der Waals surface area contributed by atoms with Gasteiger partial charge in [-0.3, -0.25) is 0 Å². The van der Waals surface area contributed by atoms with Gasteiger partial charge in [-0.25, -0.2) is 0 Å². The number of allylic oxidation sites excluding steroid dienone is 1. The van der Waals surface area contributed by atoms with Crippen LogP contribution in [0.5, 0.6) is 5.75 Å². The van der Waals surface area contributed by atoms with Gasteiger partial charge in [-0.1, -0.05) is 66.8 Å². The smallest absolute Gasteiger partial charge is 0.115 e. The molecular weight excluding hydrogens is 332 g/mol. The second kappa shape index (κ2) is 9.75. The first-order valence-electron chi connectivity index (χ1n) is 10.4. The number of benzene rings is 2. The van der Waals surface area contributed by atoms with Crippen molar-refractivity contribution in [1.29, 1.82) is 0 Å². The highest BCUT2D eigenvalue weighted by Gasteiger charge is 2.23. The van der Waals surface area contributed by atoms with E-state index in [2.05, 4.69) is 31.2 Å². The molecule has 2 nitrogen and oxygen atoms in total. The molecule has 1 fully saturated rings. The molecule has 0 amide bonds. The van der Waals surface area contributed by atoms with Crippen molar-refractivity contribution in [1.82, 2.24) is 0 Å². The van der Waals surface area contributed by atoms with E-state index in [0.717, 1.165) is 25.7 Å². The minimum absolute atomic E-state index is 0.283. The largest absolute Gasteiger partial charge is 0.508 e. The fourth-order valence-electron chi connectivity index (χ4n) is 4.30. The van der Waals surface area contributed by atoms with Gasteiger partial charge in [0.15, 0.2) is 0 Å². The quantitative estimate of drug-likeness (QED) is 0.544. The van der Waals surface area contributed by atoms with E-state index in [4.69, 9.17) is 5.11 Å². The van der Waals surface area contributed by atoms with Crippen LogP contribution in [-0.4, -0.2) is 16.8 Å². The normalized spacial score (nSPS) is 15.8. The van der Waals surface area contributed by atoms with Crippen molar-refractivity contribution >= 4 is 5.57 Å². The molecule has 0 aliphatic heterocycles. The van der Waals surface area contributed by atoms with Crippen LogP contribution in [0.1, 0.15) is 68.1 Å². The maximum atomic E-state index is 9.76. The molecule has 1 saturated carbocycles. The van der Waals surface area contributed by atoms with Crippen LogP contribution in [0.25, 0.3) is 5.57 Å². The van der Waals surface area contributed by atoms with Crippen molar-refractivity contribution in [3.63, 3.8) is 0 Å². The highest BCUT2D eigenvalue weighted by Crippen LogP contribution is 2.40. The van der Waals surface area contributed by atoms with Gasteiger partial charge in [0.25, 0.3) is 0 Å². The van der Waals surface area contributed by atoms with E-state index >= 15 is 0 Å². The number of aliphatic hydroxyl groups is 1. The molecule has 0 bridgehead atoms. The molecule has 2 aromatic carbocycles. The lowest BCUT2D eigenvalue weighted by atomic mass is 9.83. The van der Waals surface area contributed by atoms with Gasteiger partial charge in [-0.05, 0) is 73.8 Å². The number of aromatic hydroxyl groups is 1. The molecule has 0 spiro atoms. The molecule has 27 heavy (non-hydrogen) atoms. The molecule has 2 heteroatoms. The lowest BCUT2D eigenvalue weighted by Crippen LogP contribution is -2.05. The zero-order valence-electron chi connectivity index (χ0n) is 16.5. The number of rotatable bonds is 8. The van der Waals surface area contributed by atoms with Crippen LogP contribution in [0.2, 0.25) is 0 Å². The molecule has 1 aliphatic carbocycles. The van der Waals surface area contributed by atoms with Crippen molar-refractivity contribution in [2.24, 2.45) is 5.92 Å². The van der Waals surface area contributed by atoms with Crippen molar-refractivity contribution in [2.45, 2.75) is 58.3 Å². The fraction of sp³-hybridized carbons (Fsp3) is 0.440. The van der Waals surface area contributed by atoms with Gasteiger partial charge < -0.3 is 10.2 Å². The molecule has 1 aliphatic rings. The molecule has 0 radical (unpaired) electrons. The molecule has 2 N–H and O–H groups in total. The lowest BCUT2D eigenvalue weighted by molar-refractivity contribution is 0.283. The predicted molar refractivity (Wildman–Crippen MR) is 113 cm³/mol. The Kier molecular flexibility index (Phi) is 7.11. The summed E-state index contributed by atoms with van der Waals surface area (Å²) in [6.07, 6.45) is 9.38. The Balaban J connectivity index is 2.05. The van der Waals surface area contributed by atoms with E-state index in [1.807, 2.05) is 12.1 Å². The topological polar surface area (TPSA) is 40.5 Å². The van der Waals surface area contributed by atoms with Crippen LogP contribution < -0.4 is 0 Å². The van der Waals surface area contributed by atoms with E-state index in [1.54, 1.807) is 17.7 Å². The van der Waals surface area contributed by atoms with Gasteiger partial charge >= 0.3 is 0 Å². The minimum atomic E-state index is 0.283. The molecule has 0 aromatic heterocycles. The van der Waals surface area contributed by atoms with Crippen LogP contribution in [0.4, 0.5) is 0 Å². The Morgan fingerprint density at radius 3 is 2.04 bits per heavy atom. The molecule has 0 unspecified atom stereocenters. The van der Waals surface area contributed by atoms with Crippen molar-refractivity contribution in [3.8, 4) is 5.75 Å². The first kappa shape index (κ1) is 19.7. The fourth-order valence-corrected chi connectivity index (χ4v) is 4.30. The van der Waals surface area contributed by atoms with Crippen LogP contribution in [0.3, 0.4) is 0 Å². The van der Waals surface area contributed by atoms with E-state index in [-0.39, 0.29) is 6.61 Å². The number of unbranched alkanes of at least 4 members (excludes halogenated alkanes) is 2. The summed E-state index contributed by atoms with van der Waals surface area (Å²) in [7, 11) is 0. The summed E-state index contributed by atoms with van der Waals surface area (Å²) in [5.41, 5.74) is 6.66. The van der Waals surface area contributed by atoms with Crippen LogP contribution in [0.15, 0.2) is 54.1 Å². The number of phenols is 1. The third-order valence-electron chi connectivity index (χ3n) is 5.77. The minimum Gasteiger partial charge on any atom is -0.508 e. The van der Waals surface area contributed by atoms with Crippen LogP contribution in [0, 0.1) is 12.8 Å². The molecule has 3 rings (SSSR count). The highest BCUT2D eigenvalue weighted by atomic mass is 16.3. The second-order valence-corrected chi connectivity index (χ2v) is 7.83.